The number of ether oxygens (including phenoxy) is 1. The van der Waals surface area contributed by atoms with Crippen molar-refractivity contribution in [3.05, 3.63) is 29.7 Å². The number of nitrogens with one attached hydrogen (secondary N) is 1. The van der Waals surface area contributed by atoms with Crippen molar-refractivity contribution in [1.82, 2.24) is 23.8 Å². The first-order chi connectivity index (χ1) is 17.0. The molecule has 2 aromatic heterocycles. The number of hydrogen-bond acceptors (Lipinski definition) is 9. The summed E-state index contributed by atoms with van der Waals surface area (Å²) in [5.41, 5.74) is 0.147. The fourth-order valence-electron chi connectivity index (χ4n) is 4.73. The van der Waals surface area contributed by atoms with E-state index in [1.54, 1.807) is 4.57 Å². The molecule has 0 amide bonds. The van der Waals surface area contributed by atoms with E-state index < -0.39 is 39.9 Å². The second kappa shape index (κ2) is 8.87. The van der Waals surface area contributed by atoms with Crippen molar-refractivity contribution < 1.29 is 32.1 Å². The first kappa shape index (κ1) is 24.7. The summed E-state index contributed by atoms with van der Waals surface area (Å²) in [5.74, 6) is -1.09. The van der Waals surface area contributed by atoms with Crippen LogP contribution in [0.25, 0.3) is 22.3 Å². The molecule has 11 nitrogen and oxygen atoms in total. The predicted octanol–water partition coefficient (Wildman–Crippen LogP) is 1.58. The molecule has 0 bridgehead atoms. The third kappa shape index (κ3) is 4.17. The Morgan fingerprint density at radius 1 is 1.28 bits per heavy atom. The van der Waals surface area contributed by atoms with Gasteiger partial charge in [0.2, 0.25) is 16.0 Å². The van der Waals surface area contributed by atoms with Gasteiger partial charge < -0.3 is 24.8 Å². The number of aliphatic hydroxyl groups excluding tert-OH is 2. The number of aliphatic hydroxyl groups is 2. The van der Waals surface area contributed by atoms with E-state index in [0.29, 0.717) is 5.52 Å². The Morgan fingerprint density at radius 3 is 2.69 bits per heavy atom. The number of aromatic nitrogens is 4. The number of hydrogen-bond donors (Lipinski definition) is 3. The fraction of sp³-hybridized carbons (Fsp3) is 0.500. The Bertz CT molecular complexity index is 1450. The van der Waals surface area contributed by atoms with Crippen molar-refractivity contribution in [1.29, 1.82) is 0 Å². The molecule has 0 spiro atoms. The number of β-amino-alcohol motifs (C(OH)–C–C–N with tert-alkyl or cyclic N) is 1. The van der Waals surface area contributed by atoms with Gasteiger partial charge in [0.15, 0.2) is 17.4 Å². The molecule has 0 radical (unpaired) electrons. The van der Waals surface area contributed by atoms with Crippen LogP contribution in [0.2, 0.25) is 0 Å². The second-order valence-corrected chi connectivity index (χ2v) is 11.2. The normalized spacial score (nSPS) is 23.5. The SMILES string of the molecule is C[C@@H]1COc2c(-c3nc(N[C@@H]4CCN(S(C)(=O)=O)C[C@H]4O)ncc3F)cc(F)c3nc([C@@H](C)O)n1c23. The van der Waals surface area contributed by atoms with Gasteiger partial charge in [0.25, 0.3) is 0 Å². The molecule has 3 aromatic rings. The van der Waals surface area contributed by atoms with Crippen LogP contribution in [0.5, 0.6) is 5.75 Å². The zero-order valence-corrected chi connectivity index (χ0v) is 20.6. The molecule has 1 saturated heterocycles. The number of benzene rings is 1. The summed E-state index contributed by atoms with van der Waals surface area (Å²) in [5, 5.41) is 23.6. The zero-order chi connectivity index (χ0) is 25.9. The third-order valence-electron chi connectivity index (χ3n) is 6.51. The van der Waals surface area contributed by atoms with Gasteiger partial charge in [0, 0.05) is 13.1 Å². The second-order valence-electron chi connectivity index (χ2n) is 9.23. The monoisotopic (exact) mass is 524 g/mol. The Morgan fingerprint density at radius 2 is 2.03 bits per heavy atom. The highest BCUT2D eigenvalue weighted by molar-refractivity contribution is 7.88. The lowest BCUT2D eigenvalue weighted by molar-refractivity contribution is 0.0950. The van der Waals surface area contributed by atoms with E-state index in [9.17, 15) is 23.0 Å². The van der Waals surface area contributed by atoms with Crippen LogP contribution >= 0.6 is 0 Å². The van der Waals surface area contributed by atoms with Crippen LogP contribution in [-0.2, 0) is 10.0 Å². The summed E-state index contributed by atoms with van der Waals surface area (Å²) < 4.78 is 62.4. The van der Waals surface area contributed by atoms with E-state index in [1.807, 2.05) is 6.92 Å². The minimum absolute atomic E-state index is 0.00442. The largest absolute Gasteiger partial charge is 0.488 e. The average Bonchev–Trinajstić information content (AvgIpc) is 3.22. The summed E-state index contributed by atoms with van der Waals surface area (Å²) >= 11 is 0. The number of rotatable bonds is 5. The van der Waals surface area contributed by atoms with Gasteiger partial charge >= 0.3 is 0 Å². The van der Waals surface area contributed by atoms with Gasteiger partial charge in [-0.1, -0.05) is 0 Å². The average molecular weight is 525 g/mol. The number of sulfonamides is 1. The van der Waals surface area contributed by atoms with E-state index in [4.69, 9.17) is 4.74 Å². The van der Waals surface area contributed by atoms with Gasteiger partial charge in [-0.05, 0) is 26.3 Å². The lowest BCUT2D eigenvalue weighted by atomic mass is 10.0. The van der Waals surface area contributed by atoms with Gasteiger partial charge in [-0.3, -0.25) is 0 Å². The van der Waals surface area contributed by atoms with E-state index in [1.165, 1.54) is 11.2 Å². The summed E-state index contributed by atoms with van der Waals surface area (Å²) in [7, 11) is -3.45. The molecule has 1 fully saturated rings. The van der Waals surface area contributed by atoms with Crippen LogP contribution in [0.15, 0.2) is 12.3 Å². The minimum Gasteiger partial charge on any atom is -0.488 e. The standard InChI is InChI=1S/C22H26F2N6O5S/c1-10-9-35-20-12(6-13(23)18-19(20)30(10)21(27-18)11(2)31)17-14(24)7-25-22(28-17)26-15-4-5-29(8-16(15)32)36(3,33)34/h6-7,10-11,15-16,31-32H,4-5,8-9H2,1-3H3,(H,25,26,28)/t10-,11-,15-,16-/m1/s1. The molecule has 1 aromatic carbocycles. The molecular formula is C22H26F2N6O5S. The van der Waals surface area contributed by atoms with Crippen molar-refractivity contribution in [2.24, 2.45) is 0 Å². The van der Waals surface area contributed by atoms with Crippen LogP contribution in [0.3, 0.4) is 0 Å². The van der Waals surface area contributed by atoms with Crippen molar-refractivity contribution in [3.8, 4) is 17.0 Å². The van der Waals surface area contributed by atoms with E-state index in [0.717, 1.165) is 18.5 Å². The maximum absolute atomic E-state index is 15.2. The van der Waals surface area contributed by atoms with Crippen LogP contribution < -0.4 is 10.1 Å². The van der Waals surface area contributed by atoms with Gasteiger partial charge in [0.05, 0.1) is 36.2 Å². The molecule has 194 valence electrons. The van der Waals surface area contributed by atoms with Crippen LogP contribution in [-0.4, -0.2) is 80.6 Å². The van der Waals surface area contributed by atoms with Crippen molar-refractivity contribution >= 4 is 27.0 Å². The molecular weight excluding hydrogens is 498 g/mol. The van der Waals surface area contributed by atoms with Gasteiger partial charge in [-0.15, -0.1) is 0 Å². The number of nitrogens with zero attached hydrogens (tertiary/aromatic N) is 5. The molecule has 14 heteroatoms. The molecule has 0 unspecified atom stereocenters. The molecule has 2 aliphatic rings. The summed E-state index contributed by atoms with van der Waals surface area (Å²) in [4.78, 5) is 12.5. The maximum atomic E-state index is 15.2. The van der Waals surface area contributed by atoms with E-state index in [-0.39, 0.29) is 66.5 Å². The number of anilines is 1. The molecule has 4 heterocycles. The fourth-order valence-corrected chi connectivity index (χ4v) is 5.59. The summed E-state index contributed by atoms with van der Waals surface area (Å²) in [6, 6.07) is 0.269. The zero-order valence-electron chi connectivity index (χ0n) is 19.8. The Labute approximate surface area is 205 Å². The molecule has 0 aliphatic carbocycles. The van der Waals surface area contributed by atoms with Crippen LogP contribution in [0, 0.1) is 11.6 Å². The smallest absolute Gasteiger partial charge is 0.223 e. The first-order valence-electron chi connectivity index (χ1n) is 11.4. The maximum Gasteiger partial charge on any atom is 0.223 e. The van der Waals surface area contributed by atoms with Gasteiger partial charge in [-0.2, -0.15) is 4.31 Å². The molecule has 2 aliphatic heterocycles. The molecule has 4 atom stereocenters. The molecule has 3 N–H and O–H groups in total. The number of imidazole rings is 1. The van der Waals surface area contributed by atoms with E-state index in [2.05, 4.69) is 20.3 Å². The highest BCUT2D eigenvalue weighted by atomic mass is 32.2. The Hall–Kier alpha value is -2.94. The lowest BCUT2D eigenvalue weighted by Gasteiger charge is -2.34. The highest BCUT2D eigenvalue weighted by Crippen LogP contribution is 2.43. The quantitative estimate of drug-likeness (QED) is 0.453. The summed E-state index contributed by atoms with van der Waals surface area (Å²) in [6.45, 7) is 3.66. The lowest BCUT2D eigenvalue weighted by Crippen LogP contribution is -2.51. The summed E-state index contributed by atoms with van der Waals surface area (Å²) in [6.07, 6.45) is 0.281. The van der Waals surface area contributed by atoms with Crippen LogP contribution in [0.1, 0.15) is 38.2 Å². The highest BCUT2D eigenvalue weighted by Gasteiger charge is 2.34. The first-order valence-corrected chi connectivity index (χ1v) is 13.3. The number of halogens is 2. The number of piperidine rings is 1. The molecule has 36 heavy (non-hydrogen) atoms. The van der Waals surface area contributed by atoms with E-state index >= 15 is 4.39 Å². The Balaban J connectivity index is 1.53. The molecule has 0 saturated carbocycles. The van der Waals surface area contributed by atoms with Crippen molar-refractivity contribution in [2.45, 2.75) is 44.6 Å². The third-order valence-corrected chi connectivity index (χ3v) is 7.78. The van der Waals surface area contributed by atoms with Gasteiger partial charge in [-0.25, -0.2) is 32.2 Å². The minimum atomic E-state index is -3.45. The van der Waals surface area contributed by atoms with Gasteiger partial charge in [0.1, 0.15) is 35.3 Å². The topological polar surface area (TPSA) is 143 Å². The van der Waals surface area contributed by atoms with Crippen LogP contribution in [0.4, 0.5) is 14.7 Å². The predicted molar refractivity (Wildman–Crippen MR) is 126 cm³/mol. The van der Waals surface area contributed by atoms with Crippen molar-refractivity contribution in [2.75, 3.05) is 31.3 Å². The van der Waals surface area contributed by atoms with Crippen molar-refractivity contribution in [3.63, 3.8) is 0 Å². The molecule has 5 rings (SSSR count). The Kier molecular flexibility index (Phi) is 6.09.